The van der Waals surface area contributed by atoms with Crippen LogP contribution in [0.4, 0.5) is 0 Å². The Hall–Kier alpha value is -2.50. The highest BCUT2D eigenvalue weighted by molar-refractivity contribution is 5.92. The molecule has 1 amide bonds. The number of amides is 1. The van der Waals surface area contributed by atoms with Crippen molar-refractivity contribution < 1.29 is 18.7 Å². The van der Waals surface area contributed by atoms with E-state index in [4.69, 9.17) is 9.15 Å². The number of ether oxygens (including phenoxy) is 1. The largest absolute Gasteiger partial charge is 0.467 e. The molecule has 3 rings (SSSR count). The zero-order valence-electron chi connectivity index (χ0n) is 16.5. The van der Waals surface area contributed by atoms with Crippen LogP contribution < -0.4 is 0 Å². The highest BCUT2D eigenvalue weighted by Gasteiger charge is 2.26. The van der Waals surface area contributed by atoms with Crippen molar-refractivity contribution >= 4 is 11.9 Å². The van der Waals surface area contributed by atoms with Gasteiger partial charge in [0.05, 0.1) is 18.4 Å². The fraction of sp³-hybridized carbons (Fsp3) is 0.524. The van der Waals surface area contributed by atoms with Crippen LogP contribution in [0, 0.1) is 25.7 Å². The standard InChI is InChI=1S/C21H28N2O4/c1-14-8-15(2)11-22(10-14)20(24)13-27-21(25)19-9-16(3)23(17(19)4)12-18-6-5-7-26-18/h5-7,9,14-15H,8,10-13H2,1-4H3/t14-,15+. The number of nitrogens with zero attached hydrogens (tertiary/aromatic N) is 2. The minimum absolute atomic E-state index is 0.119. The Bertz CT molecular complexity index is 797. The third kappa shape index (κ3) is 4.43. The molecule has 2 atom stereocenters. The Labute approximate surface area is 160 Å². The van der Waals surface area contributed by atoms with Crippen molar-refractivity contribution in [1.82, 2.24) is 9.47 Å². The molecule has 0 unspecified atom stereocenters. The van der Waals surface area contributed by atoms with Gasteiger partial charge in [0, 0.05) is 24.5 Å². The molecule has 146 valence electrons. The number of furan rings is 1. The molecular formula is C21H28N2O4. The van der Waals surface area contributed by atoms with Gasteiger partial charge in [0.25, 0.3) is 5.91 Å². The van der Waals surface area contributed by atoms with Crippen LogP contribution in [0.1, 0.15) is 47.8 Å². The number of esters is 1. The van der Waals surface area contributed by atoms with Gasteiger partial charge in [0.15, 0.2) is 6.61 Å². The third-order valence-corrected chi connectivity index (χ3v) is 5.24. The summed E-state index contributed by atoms with van der Waals surface area (Å²) in [5.74, 6) is 1.20. The maximum Gasteiger partial charge on any atom is 0.340 e. The average Bonchev–Trinajstić information content (AvgIpc) is 3.22. The van der Waals surface area contributed by atoms with Crippen molar-refractivity contribution in [1.29, 1.82) is 0 Å². The molecule has 2 aromatic heterocycles. The van der Waals surface area contributed by atoms with Gasteiger partial charge < -0.3 is 18.6 Å². The second-order valence-corrected chi connectivity index (χ2v) is 7.77. The van der Waals surface area contributed by atoms with Gasteiger partial charge in [0.2, 0.25) is 0 Å². The molecule has 1 aliphatic rings. The van der Waals surface area contributed by atoms with Gasteiger partial charge in [-0.15, -0.1) is 0 Å². The maximum absolute atomic E-state index is 12.5. The number of likely N-dealkylation sites (tertiary alicyclic amines) is 1. The smallest absolute Gasteiger partial charge is 0.340 e. The summed E-state index contributed by atoms with van der Waals surface area (Å²) < 4.78 is 12.7. The quantitative estimate of drug-likeness (QED) is 0.755. The average molecular weight is 372 g/mol. The number of piperidine rings is 1. The molecule has 0 bridgehead atoms. The Kier molecular flexibility index (Phi) is 5.73. The predicted octanol–water partition coefficient (Wildman–Crippen LogP) is 3.41. The highest BCUT2D eigenvalue weighted by atomic mass is 16.5. The number of aromatic nitrogens is 1. The van der Waals surface area contributed by atoms with Gasteiger partial charge >= 0.3 is 5.97 Å². The van der Waals surface area contributed by atoms with Crippen LogP contribution in [0.5, 0.6) is 0 Å². The minimum Gasteiger partial charge on any atom is -0.467 e. The molecule has 2 aromatic rings. The van der Waals surface area contributed by atoms with E-state index < -0.39 is 5.97 Å². The lowest BCUT2D eigenvalue weighted by Gasteiger charge is -2.34. The molecule has 27 heavy (non-hydrogen) atoms. The molecule has 1 saturated heterocycles. The van der Waals surface area contributed by atoms with E-state index >= 15 is 0 Å². The van der Waals surface area contributed by atoms with Gasteiger partial charge in [-0.25, -0.2) is 4.79 Å². The minimum atomic E-state index is -0.458. The molecule has 0 aromatic carbocycles. The lowest BCUT2D eigenvalue weighted by atomic mass is 9.92. The van der Waals surface area contributed by atoms with Crippen LogP contribution in [-0.2, 0) is 16.1 Å². The first-order valence-electron chi connectivity index (χ1n) is 9.49. The molecule has 0 spiro atoms. The second kappa shape index (κ2) is 8.03. The summed E-state index contributed by atoms with van der Waals surface area (Å²) in [5, 5.41) is 0. The number of carbonyl (C=O) groups is 2. The van der Waals surface area contributed by atoms with Crippen LogP contribution in [0.2, 0.25) is 0 Å². The molecule has 0 saturated carbocycles. The molecule has 3 heterocycles. The summed E-state index contributed by atoms with van der Waals surface area (Å²) in [4.78, 5) is 26.8. The molecule has 1 aliphatic heterocycles. The number of hydrogen-bond acceptors (Lipinski definition) is 4. The Morgan fingerprint density at radius 3 is 2.56 bits per heavy atom. The van der Waals surface area contributed by atoms with Gasteiger partial charge in [0.1, 0.15) is 5.76 Å². The lowest BCUT2D eigenvalue weighted by Crippen LogP contribution is -2.44. The van der Waals surface area contributed by atoms with Crippen molar-refractivity contribution in [3.8, 4) is 0 Å². The monoisotopic (exact) mass is 372 g/mol. The van der Waals surface area contributed by atoms with Crippen LogP contribution in [0.15, 0.2) is 28.9 Å². The molecule has 0 aliphatic carbocycles. The summed E-state index contributed by atoms with van der Waals surface area (Å²) in [6, 6.07) is 5.54. The molecule has 0 radical (unpaired) electrons. The first-order valence-corrected chi connectivity index (χ1v) is 9.49. The van der Waals surface area contributed by atoms with Crippen LogP contribution in [-0.4, -0.2) is 41.0 Å². The Morgan fingerprint density at radius 2 is 1.93 bits per heavy atom. The number of carbonyl (C=O) groups excluding carboxylic acids is 2. The summed E-state index contributed by atoms with van der Waals surface area (Å²) in [7, 11) is 0. The normalized spacial score (nSPS) is 19.9. The zero-order valence-corrected chi connectivity index (χ0v) is 16.5. The molecule has 1 fully saturated rings. The molecule has 6 nitrogen and oxygen atoms in total. The van der Waals surface area contributed by atoms with E-state index in [0.717, 1.165) is 36.7 Å². The third-order valence-electron chi connectivity index (χ3n) is 5.24. The Morgan fingerprint density at radius 1 is 1.22 bits per heavy atom. The van der Waals surface area contributed by atoms with E-state index in [-0.39, 0.29) is 12.5 Å². The van der Waals surface area contributed by atoms with Crippen molar-refractivity contribution in [2.45, 2.75) is 40.7 Å². The van der Waals surface area contributed by atoms with Crippen molar-refractivity contribution in [2.75, 3.05) is 19.7 Å². The number of aryl methyl sites for hydroxylation is 1. The summed E-state index contributed by atoms with van der Waals surface area (Å²) in [6.45, 7) is 9.93. The Balaban J connectivity index is 1.62. The fourth-order valence-corrected chi connectivity index (χ4v) is 3.97. The highest BCUT2D eigenvalue weighted by Crippen LogP contribution is 2.21. The van der Waals surface area contributed by atoms with E-state index in [1.807, 2.05) is 35.4 Å². The summed E-state index contributed by atoms with van der Waals surface area (Å²) in [6.07, 6.45) is 2.76. The fourth-order valence-electron chi connectivity index (χ4n) is 3.97. The van der Waals surface area contributed by atoms with Crippen LogP contribution >= 0.6 is 0 Å². The first-order chi connectivity index (χ1) is 12.8. The molecule has 6 heteroatoms. The maximum atomic E-state index is 12.5. The topological polar surface area (TPSA) is 64.7 Å². The predicted molar refractivity (Wildman–Crippen MR) is 102 cm³/mol. The number of hydrogen-bond donors (Lipinski definition) is 0. The van der Waals surface area contributed by atoms with E-state index in [1.54, 1.807) is 12.3 Å². The zero-order chi connectivity index (χ0) is 19.6. The van der Waals surface area contributed by atoms with E-state index in [0.29, 0.717) is 23.9 Å². The molecule has 0 N–H and O–H groups in total. The molecular weight excluding hydrogens is 344 g/mol. The second-order valence-electron chi connectivity index (χ2n) is 7.77. The van der Waals surface area contributed by atoms with Gasteiger partial charge in [-0.05, 0) is 50.3 Å². The summed E-state index contributed by atoms with van der Waals surface area (Å²) in [5.41, 5.74) is 2.25. The summed E-state index contributed by atoms with van der Waals surface area (Å²) >= 11 is 0. The SMILES string of the molecule is Cc1cc(C(=O)OCC(=O)N2C[C@H](C)C[C@H](C)C2)c(C)n1Cc1ccco1. The van der Waals surface area contributed by atoms with E-state index in [1.165, 1.54) is 0 Å². The van der Waals surface area contributed by atoms with Gasteiger partial charge in [-0.2, -0.15) is 0 Å². The van der Waals surface area contributed by atoms with Crippen molar-refractivity contribution in [2.24, 2.45) is 11.8 Å². The lowest BCUT2D eigenvalue weighted by molar-refractivity contribution is -0.137. The van der Waals surface area contributed by atoms with E-state index in [9.17, 15) is 9.59 Å². The van der Waals surface area contributed by atoms with Gasteiger partial charge in [-0.3, -0.25) is 4.79 Å². The van der Waals surface area contributed by atoms with Crippen LogP contribution in [0.3, 0.4) is 0 Å². The number of rotatable bonds is 5. The van der Waals surface area contributed by atoms with Crippen molar-refractivity contribution in [3.05, 3.63) is 47.2 Å². The van der Waals surface area contributed by atoms with Crippen LogP contribution in [0.25, 0.3) is 0 Å². The first kappa shape index (κ1) is 19.3. The van der Waals surface area contributed by atoms with Crippen molar-refractivity contribution in [3.63, 3.8) is 0 Å². The van der Waals surface area contributed by atoms with Gasteiger partial charge in [-0.1, -0.05) is 13.8 Å². The van der Waals surface area contributed by atoms with E-state index in [2.05, 4.69) is 13.8 Å².